The number of hydrogen-bond donors (Lipinski definition) is 2. The first-order chi connectivity index (χ1) is 9.33. The Bertz CT molecular complexity index is 530. The molecule has 1 saturated heterocycles. The van der Waals surface area contributed by atoms with Crippen molar-refractivity contribution in [1.82, 2.24) is 15.3 Å². The Morgan fingerprint density at radius 2 is 2.16 bits per heavy atom. The van der Waals surface area contributed by atoms with Crippen LogP contribution >= 0.6 is 0 Å². The van der Waals surface area contributed by atoms with E-state index in [1.165, 1.54) is 0 Å². The number of aromatic amines is 1. The van der Waals surface area contributed by atoms with Gasteiger partial charge < -0.3 is 15.0 Å². The third-order valence-electron chi connectivity index (χ3n) is 3.42. The van der Waals surface area contributed by atoms with E-state index in [2.05, 4.69) is 29.4 Å². The summed E-state index contributed by atoms with van der Waals surface area (Å²) in [5.41, 5.74) is 3.33. The summed E-state index contributed by atoms with van der Waals surface area (Å²) in [6.07, 6.45) is 0.883. The fourth-order valence-corrected chi connectivity index (χ4v) is 2.48. The predicted molar refractivity (Wildman–Crippen MR) is 75.1 cm³/mol. The lowest BCUT2D eigenvalue weighted by molar-refractivity contribution is 0.0764. The Balaban J connectivity index is 1.77. The van der Waals surface area contributed by atoms with Gasteiger partial charge in [0, 0.05) is 30.3 Å². The molecule has 2 aromatic rings. The average Bonchev–Trinajstić information content (AvgIpc) is 2.82. The van der Waals surface area contributed by atoms with Gasteiger partial charge in [-0.05, 0) is 6.92 Å². The second-order valence-corrected chi connectivity index (χ2v) is 4.95. The van der Waals surface area contributed by atoms with Gasteiger partial charge >= 0.3 is 0 Å². The van der Waals surface area contributed by atoms with Gasteiger partial charge in [0.25, 0.3) is 0 Å². The van der Waals surface area contributed by atoms with E-state index >= 15 is 0 Å². The third-order valence-corrected chi connectivity index (χ3v) is 3.42. The van der Waals surface area contributed by atoms with Crippen LogP contribution in [0.4, 0.5) is 0 Å². The zero-order valence-corrected chi connectivity index (χ0v) is 11.1. The van der Waals surface area contributed by atoms with Crippen molar-refractivity contribution in [2.45, 2.75) is 19.4 Å². The van der Waals surface area contributed by atoms with E-state index in [0.717, 1.165) is 49.0 Å². The molecule has 0 amide bonds. The summed E-state index contributed by atoms with van der Waals surface area (Å²) >= 11 is 0. The first-order valence-electron chi connectivity index (χ1n) is 6.75. The summed E-state index contributed by atoms with van der Waals surface area (Å²) < 4.78 is 5.47. The van der Waals surface area contributed by atoms with Crippen LogP contribution < -0.4 is 5.32 Å². The molecule has 1 atom stereocenters. The highest BCUT2D eigenvalue weighted by molar-refractivity contribution is 5.61. The Morgan fingerprint density at radius 1 is 1.32 bits per heavy atom. The van der Waals surface area contributed by atoms with Crippen molar-refractivity contribution < 1.29 is 4.74 Å². The summed E-state index contributed by atoms with van der Waals surface area (Å²) in [7, 11) is 0. The minimum absolute atomic E-state index is 0.364. The van der Waals surface area contributed by atoms with Gasteiger partial charge in [-0.1, -0.05) is 30.3 Å². The molecule has 4 nitrogen and oxygen atoms in total. The molecule has 2 N–H and O–H groups in total. The molecule has 0 aliphatic carbocycles. The number of morpholine rings is 1. The molecular formula is C15H19N3O. The quantitative estimate of drug-likeness (QED) is 0.883. The normalized spacial score (nSPS) is 19.5. The largest absolute Gasteiger partial charge is 0.379 e. The predicted octanol–water partition coefficient (Wildman–Crippen LogP) is 1.92. The molecule has 4 heteroatoms. The number of aromatic nitrogens is 2. The fraction of sp³-hybridized carbons (Fsp3) is 0.400. The van der Waals surface area contributed by atoms with Crippen LogP contribution in [0, 0.1) is 6.92 Å². The van der Waals surface area contributed by atoms with Crippen molar-refractivity contribution in [3.05, 3.63) is 41.9 Å². The van der Waals surface area contributed by atoms with Crippen LogP contribution in [0.1, 0.15) is 11.5 Å². The first kappa shape index (κ1) is 12.4. The van der Waals surface area contributed by atoms with Gasteiger partial charge in [0.2, 0.25) is 0 Å². The van der Waals surface area contributed by atoms with E-state index in [-0.39, 0.29) is 0 Å². The second-order valence-electron chi connectivity index (χ2n) is 4.95. The number of nitrogens with zero attached hydrogens (tertiary/aromatic N) is 1. The summed E-state index contributed by atoms with van der Waals surface area (Å²) in [6, 6.07) is 10.7. The molecule has 1 aliphatic rings. The molecule has 19 heavy (non-hydrogen) atoms. The number of imidazole rings is 1. The van der Waals surface area contributed by atoms with E-state index in [9.17, 15) is 0 Å². The van der Waals surface area contributed by atoms with E-state index in [4.69, 9.17) is 9.72 Å². The minimum Gasteiger partial charge on any atom is -0.379 e. The number of aryl methyl sites for hydroxylation is 1. The topological polar surface area (TPSA) is 49.9 Å². The number of hydrogen-bond acceptors (Lipinski definition) is 3. The van der Waals surface area contributed by atoms with Crippen LogP contribution in [0.25, 0.3) is 11.3 Å². The molecule has 100 valence electrons. The Labute approximate surface area is 113 Å². The van der Waals surface area contributed by atoms with E-state index in [1.54, 1.807) is 0 Å². The molecular weight excluding hydrogens is 238 g/mol. The van der Waals surface area contributed by atoms with Crippen LogP contribution in [0.5, 0.6) is 0 Å². The monoisotopic (exact) mass is 257 g/mol. The van der Waals surface area contributed by atoms with Crippen LogP contribution in [0.15, 0.2) is 30.3 Å². The third kappa shape index (κ3) is 2.85. The molecule has 0 saturated carbocycles. The Morgan fingerprint density at radius 3 is 2.89 bits per heavy atom. The standard InChI is InChI=1S/C15H19N3O/c1-11-15(12-5-3-2-4-6-12)18-14(17-11)9-13-10-19-8-7-16-13/h2-6,13,16H,7-10H2,1H3,(H,17,18). The van der Waals surface area contributed by atoms with Crippen molar-refractivity contribution in [1.29, 1.82) is 0 Å². The SMILES string of the molecule is Cc1[nH]c(CC2COCCN2)nc1-c1ccccc1. The van der Waals surface area contributed by atoms with E-state index in [1.807, 2.05) is 18.2 Å². The second kappa shape index (κ2) is 5.55. The number of rotatable bonds is 3. The highest BCUT2D eigenvalue weighted by Gasteiger charge is 2.16. The molecule has 3 rings (SSSR count). The molecule has 1 aromatic heterocycles. The highest BCUT2D eigenvalue weighted by atomic mass is 16.5. The molecule has 2 heterocycles. The summed E-state index contributed by atoms with van der Waals surface area (Å²) in [6.45, 7) is 4.57. The van der Waals surface area contributed by atoms with Crippen LogP contribution in [-0.2, 0) is 11.2 Å². The highest BCUT2D eigenvalue weighted by Crippen LogP contribution is 2.21. The number of H-pyrrole nitrogens is 1. The maximum Gasteiger partial charge on any atom is 0.108 e. The molecule has 0 bridgehead atoms. The zero-order chi connectivity index (χ0) is 13.1. The summed E-state index contributed by atoms with van der Waals surface area (Å²) in [5, 5.41) is 3.45. The van der Waals surface area contributed by atoms with Gasteiger partial charge in [-0.2, -0.15) is 0 Å². The smallest absolute Gasteiger partial charge is 0.108 e. The lowest BCUT2D eigenvalue weighted by Crippen LogP contribution is -2.42. The van der Waals surface area contributed by atoms with Crippen molar-refractivity contribution in [2.75, 3.05) is 19.8 Å². The van der Waals surface area contributed by atoms with E-state index < -0.39 is 0 Å². The van der Waals surface area contributed by atoms with Crippen LogP contribution in [0.3, 0.4) is 0 Å². The molecule has 1 fully saturated rings. The molecule has 1 aliphatic heterocycles. The Hall–Kier alpha value is -1.65. The van der Waals surface area contributed by atoms with Crippen molar-refractivity contribution >= 4 is 0 Å². The minimum atomic E-state index is 0.364. The van der Waals surface area contributed by atoms with Crippen LogP contribution in [0.2, 0.25) is 0 Å². The van der Waals surface area contributed by atoms with Crippen molar-refractivity contribution in [3.63, 3.8) is 0 Å². The van der Waals surface area contributed by atoms with Gasteiger partial charge in [0.15, 0.2) is 0 Å². The maximum absolute atomic E-state index is 5.47. The summed E-state index contributed by atoms with van der Waals surface area (Å²) in [5.74, 6) is 1.03. The lowest BCUT2D eigenvalue weighted by Gasteiger charge is -2.22. The van der Waals surface area contributed by atoms with E-state index in [0.29, 0.717) is 6.04 Å². The molecule has 0 radical (unpaired) electrons. The molecule has 1 aromatic carbocycles. The zero-order valence-electron chi connectivity index (χ0n) is 11.1. The van der Waals surface area contributed by atoms with Gasteiger partial charge in [-0.3, -0.25) is 0 Å². The fourth-order valence-electron chi connectivity index (χ4n) is 2.48. The first-order valence-corrected chi connectivity index (χ1v) is 6.75. The van der Waals surface area contributed by atoms with Gasteiger partial charge in [-0.15, -0.1) is 0 Å². The number of ether oxygens (including phenoxy) is 1. The summed E-state index contributed by atoms with van der Waals surface area (Å²) in [4.78, 5) is 8.11. The van der Waals surface area contributed by atoms with Gasteiger partial charge in [0.05, 0.1) is 18.9 Å². The van der Waals surface area contributed by atoms with Crippen molar-refractivity contribution in [3.8, 4) is 11.3 Å². The Kier molecular flexibility index (Phi) is 3.62. The van der Waals surface area contributed by atoms with Crippen LogP contribution in [-0.4, -0.2) is 35.8 Å². The lowest BCUT2D eigenvalue weighted by atomic mass is 10.1. The number of nitrogens with one attached hydrogen (secondary N) is 2. The molecule has 0 spiro atoms. The van der Waals surface area contributed by atoms with Gasteiger partial charge in [0.1, 0.15) is 5.82 Å². The average molecular weight is 257 g/mol. The number of benzene rings is 1. The van der Waals surface area contributed by atoms with Gasteiger partial charge in [-0.25, -0.2) is 4.98 Å². The molecule has 1 unspecified atom stereocenters. The van der Waals surface area contributed by atoms with Crippen molar-refractivity contribution in [2.24, 2.45) is 0 Å². The maximum atomic E-state index is 5.47.